The summed E-state index contributed by atoms with van der Waals surface area (Å²) in [5.41, 5.74) is 0.359. The molecule has 0 unspecified atom stereocenters. The second kappa shape index (κ2) is 2.56. The summed E-state index contributed by atoms with van der Waals surface area (Å²) in [5.74, 6) is 0. The largest absolute Gasteiger partial charge is 0.393 e. The van der Waals surface area contributed by atoms with Gasteiger partial charge in [-0.05, 0) is 0 Å². The van der Waals surface area contributed by atoms with Crippen molar-refractivity contribution in [3.63, 3.8) is 0 Å². The lowest BCUT2D eigenvalue weighted by molar-refractivity contribution is 0.0922. The van der Waals surface area contributed by atoms with E-state index >= 15 is 0 Å². The van der Waals surface area contributed by atoms with Crippen molar-refractivity contribution in [2.75, 3.05) is 6.61 Å². The molecular formula is C4H7N3O2. The highest BCUT2D eigenvalue weighted by Crippen LogP contribution is 2.03. The molecule has 1 rings (SSSR count). The Labute approximate surface area is 51.3 Å². The Balaban J connectivity index is 2.65. The molecular weight excluding hydrogens is 122 g/mol. The highest BCUT2D eigenvalue weighted by Gasteiger charge is 2.06. The third-order valence-electron chi connectivity index (χ3n) is 0.948. The fourth-order valence-corrected chi connectivity index (χ4v) is 0.465. The van der Waals surface area contributed by atoms with Crippen LogP contribution in [0.4, 0.5) is 0 Å². The summed E-state index contributed by atoms with van der Waals surface area (Å²) < 4.78 is 0. The Morgan fingerprint density at radius 3 is 3.00 bits per heavy atom. The summed E-state index contributed by atoms with van der Waals surface area (Å²) in [6.07, 6.45) is 0.449. The van der Waals surface area contributed by atoms with Crippen molar-refractivity contribution in [1.29, 1.82) is 0 Å². The Bertz CT molecular complexity index is 162. The van der Waals surface area contributed by atoms with Gasteiger partial charge in [0.15, 0.2) is 0 Å². The summed E-state index contributed by atoms with van der Waals surface area (Å²) in [4.78, 5) is 0. The molecule has 0 saturated heterocycles. The predicted octanol–water partition coefficient (Wildman–Crippen LogP) is -1.17. The van der Waals surface area contributed by atoms with Gasteiger partial charge in [0.2, 0.25) is 0 Å². The third-order valence-corrected chi connectivity index (χ3v) is 0.948. The van der Waals surface area contributed by atoms with Crippen molar-refractivity contribution >= 4 is 0 Å². The van der Waals surface area contributed by atoms with Crippen molar-refractivity contribution in [3.05, 3.63) is 11.9 Å². The lowest BCUT2D eigenvalue weighted by Gasteiger charge is -1.98. The fourth-order valence-electron chi connectivity index (χ4n) is 0.465. The van der Waals surface area contributed by atoms with Gasteiger partial charge in [-0.1, -0.05) is 0 Å². The van der Waals surface area contributed by atoms with Gasteiger partial charge in [-0.15, -0.1) is 0 Å². The zero-order valence-electron chi connectivity index (χ0n) is 4.65. The van der Waals surface area contributed by atoms with Gasteiger partial charge in [0.05, 0.1) is 12.8 Å². The van der Waals surface area contributed by atoms with E-state index in [1.807, 2.05) is 0 Å². The van der Waals surface area contributed by atoms with Crippen molar-refractivity contribution < 1.29 is 10.2 Å². The zero-order valence-corrected chi connectivity index (χ0v) is 4.65. The average Bonchev–Trinajstić information content (AvgIpc) is 2.37. The van der Waals surface area contributed by atoms with Crippen molar-refractivity contribution in [2.45, 2.75) is 6.10 Å². The van der Waals surface area contributed by atoms with Gasteiger partial charge < -0.3 is 10.2 Å². The van der Waals surface area contributed by atoms with Crippen LogP contribution < -0.4 is 0 Å². The maximum absolute atomic E-state index is 8.85. The number of hydrogen-bond donors (Lipinski definition) is 3. The molecule has 1 aromatic heterocycles. The average molecular weight is 129 g/mol. The van der Waals surface area contributed by atoms with Crippen LogP contribution in [0.15, 0.2) is 6.20 Å². The molecule has 1 aromatic rings. The molecule has 0 fully saturated rings. The fraction of sp³-hybridized carbons (Fsp3) is 0.500. The van der Waals surface area contributed by atoms with E-state index in [0.29, 0.717) is 5.69 Å². The molecule has 5 heteroatoms. The van der Waals surface area contributed by atoms with Gasteiger partial charge in [-0.25, -0.2) is 0 Å². The molecule has 0 aliphatic carbocycles. The molecule has 0 radical (unpaired) electrons. The van der Waals surface area contributed by atoms with Crippen LogP contribution in [-0.2, 0) is 0 Å². The van der Waals surface area contributed by atoms with Crippen LogP contribution in [0.1, 0.15) is 11.8 Å². The molecule has 1 heterocycles. The monoisotopic (exact) mass is 129 g/mol. The molecule has 0 aromatic carbocycles. The molecule has 5 nitrogen and oxygen atoms in total. The number of aromatic nitrogens is 3. The SMILES string of the molecule is OC[C@@H](O)c1cn[nH]n1. The van der Waals surface area contributed by atoms with E-state index in [1.165, 1.54) is 6.20 Å². The molecule has 1 atom stereocenters. The summed E-state index contributed by atoms with van der Waals surface area (Å²) in [6, 6.07) is 0. The van der Waals surface area contributed by atoms with Gasteiger partial charge in [0.1, 0.15) is 11.8 Å². The molecule has 9 heavy (non-hydrogen) atoms. The van der Waals surface area contributed by atoms with Crippen molar-refractivity contribution in [3.8, 4) is 0 Å². The van der Waals surface area contributed by atoms with Gasteiger partial charge in [0, 0.05) is 0 Å². The van der Waals surface area contributed by atoms with E-state index in [1.54, 1.807) is 0 Å². The number of hydrogen-bond acceptors (Lipinski definition) is 4. The third kappa shape index (κ3) is 1.24. The first-order chi connectivity index (χ1) is 4.34. The van der Waals surface area contributed by atoms with Gasteiger partial charge in [0.25, 0.3) is 0 Å². The first kappa shape index (κ1) is 6.18. The Hall–Kier alpha value is -0.940. The van der Waals surface area contributed by atoms with E-state index in [9.17, 15) is 0 Å². The van der Waals surface area contributed by atoms with Crippen LogP contribution in [0.3, 0.4) is 0 Å². The molecule has 3 N–H and O–H groups in total. The highest BCUT2D eigenvalue weighted by atomic mass is 16.3. The molecule has 0 saturated carbocycles. The second-order valence-corrected chi connectivity index (χ2v) is 1.59. The van der Waals surface area contributed by atoms with E-state index in [0.717, 1.165) is 0 Å². The van der Waals surface area contributed by atoms with Gasteiger partial charge in [-0.2, -0.15) is 15.4 Å². The molecule has 0 aliphatic heterocycles. The van der Waals surface area contributed by atoms with Crippen LogP contribution in [0.5, 0.6) is 0 Å². The summed E-state index contributed by atoms with van der Waals surface area (Å²) >= 11 is 0. The molecule has 0 aliphatic rings. The van der Waals surface area contributed by atoms with Crippen LogP contribution in [0.25, 0.3) is 0 Å². The quantitative estimate of drug-likeness (QED) is 0.470. The summed E-state index contributed by atoms with van der Waals surface area (Å²) in [7, 11) is 0. The molecule has 0 spiro atoms. The first-order valence-corrected chi connectivity index (χ1v) is 2.49. The maximum atomic E-state index is 8.85. The second-order valence-electron chi connectivity index (χ2n) is 1.59. The lowest BCUT2D eigenvalue weighted by atomic mass is 10.3. The van der Waals surface area contributed by atoms with E-state index in [2.05, 4.69) is 15.4 Å². The Morgan fingerprint density at radius 2 is 2.56 bits per heavy atom. The van der Waals surface area contributed by atoms with Gasteiger partial charge >= 0.3 is 0 Å². The number of rotatable bonds is 2. The van der Waals surface area contributed by atoms with Crippen molar-refractivity contribution in [1.82, 2.24) is 15.4 Å². The number of nitrogens with zero attached hydrogens (tertiary/aromatic N) is 2. The lowest BCUT2D eigenvalue weighted by Crippen LogP contribution is -2.02. The van der Waals surface area contributed by atoms with Gasteiger partial charge in [-0.3, -0.25) is 0 Å². The number of nitrogens with one attached hydrogen (secondary N) is 1. The standard InChI is InChI=1S/C4H7N3O2/c8-2-4(9)3-1-5-7-6-3/h1,4,8-9H,2H2,(H,5,6,7)/t4-/m1/s1. The minimum atomic E-state index is -0.913. The minimum Gasteiger partial charge on any atom is -0.393 e. The van der Waals surface area contributed by atoms with Crippen LogP contribution in [0.2, 0.25) is 0 Å². The zero-order chi connectivity index (χ0) is 6.69. The van der Waals surface area contributed by atoms with Crippen LogP contribution in [-0.4, -0.2) is 32.2 Å². The Morgan fingerprint density at radius 1 is 1.78 bits per heavy atom. The summed E-state index contributed by atoms with van der Waals surface area (Å²) in [6.45, 7) is -0.327. The van der Waals surface area contributed by atoms with E-state index in [4.69, 9.17) is 10.2 Å². The normalized spacial score (nSPS) is 13.6. The molecule has 0 bridgehead atoms. The smallest absolute Gasteiger partial charge is 0.122 e. The molecule has 0 amide bonds. The molecule has 50 valence electrons. The number of aliphatic hydroxyl groups is 2. The van der Waals surface area contributed by atoms with E-state index < -0.39 is 6.10 Å². The first-order valence-electron chi connectivity index (χ1n) is 2.49. The van der Waals surface area contributed by atoms with Crippen LogP contribution in [0, 0.1) is 0 Å². The predicted molar refractivity (Wildman–Crippen MR) is 28.4 cm³/mol. The van der Waals surface area contributed by atoms with E-state index in [-0.39, 0.29) is 6.61 Å². The summed E-state index contributed by atoms with van der Waals surface area (Å²) in [5, 5.41) is 26.5. The topological polar surface area (TPSA) is 82.0 Å². The Kier molecular flexibility index (Phi) is 1.76. The van der Waals surface area contributed by atoms with Crippen molar-refractivity contribution in [2.24, 2.45) is 0 Å². The van der Waals surface area contributed by atoms with Crippen LogP contribution >= 0.6 is 0 Å². The maximum Gasteiger partial charge on any atom is 0.122 e. The number of H-pyrrole nitrogens is 1. The number of aromatic amines is 1. The minimum absolute atomic E-state index is 0.327. The highest BCUT2D eigenvalue weighted by molar-refractivity contribution is 4.94. The number of aliphatic hydroxyl groups excluding tert-OH is 2.